The average Bonchev–Trinajstić information content (AvgIpc) is 1.30. The van der Waals surface area contributed by atoms with E-state index in [4.69, 9.17) is 75.8 Å². The maximum absolute atomic E-state index is 13.8. The Balaban J connectivity index is 0.718. The number of hydrogen-bond donors (Lipinski definition) is 3. The monoisotopic (exact) mass is 1190 g/mol. The standard InChI is InChI=1S/C63H96O21/c1-32(64)41-21-24-63(68)61(41,8)48(80-59(66)38-17-15-14-16-18-38)31-47-60(7)22-20-40(25-39(60)19-23-62(47,63)67)79-49-27-43(70-10)55(34(3)75-49)82-51-29-45(72-12)57(36(5)77-51)84-53-30-46(73-13)58(37(6)78-53)83-52-28-44(71-11)56(35(4)76-52)81-50-26-42(69-9)54(65)33(2)74-50/h14-19,33-37,40-58,65,67-68H,20-31H2,1-13H3. The van der Waals surface area contributed by atoms with Gasteiger partial charge in [-0.15, -0.1) is 0 Å². The van der Waals surface area contributed by atoms with E-state index in [0.717, 1.165) is 5.57 Å². The molecule has 10 rings (SSSR count). The second kappa shape index (κ2) is 26.1. The van der Waals surface area contributed by atoms with Gasteiger partial charge in [0.05, 0.1) is 72.7 Å². The van der Waals surface area contributed by atoms with Crippen LogP contribution in [0.3, 0.4) is 0 Å². The summed E-state index contributed by atoms with van der Waals surface area (Å²) in [5, 5.41) is 36.5. The number of Topliss-reactive ketones (excluding diaryl/α,β-unsaturated/α-hetero) is 1. The fourth-order valence-corrected chi connectivity index (χ4v) is 16.6. The summed E-state index contributed by atoms with van der Waals surface area (Å²) in [6, 6.07) is 8.78. The van der Waals surface area contributed by atoms with E-state index in [2.05, 4.69) is 13.0 Å². The minimum atomic E-state index is -1.68. The highest BCUT2D eigenvalue weighted by molar-refractivity contribution is 5.89. The van der Waals surface area contributed by atoms with Gasteiger partial charge in [0, 0.05) is 84.9 Å². The Hall–Kier alpha value is -2.62. The molecule has 0 radical (unpaired) electrons. The molecule has 21 heteroatoms. The van der Waals surface area contributed by atoms with Crippen molar-refractivity contribution in [3.05, 3.63) is 47.5 Å². The fraction of sp³-hybridized carbons (Fsp3) is 0.841. The van der Waals surface area contributed by atoms with Crippen LogP contribution in [-0.2, 0) is 80.6 Å². The number of methoxy groups -OCH3 is 5. The molecule has 3 saturated carbocycles. The van der Waals surface area contributed by atoms with Crippen molar-refractivity contribution in [1.29, 1.82) is 0 Å². The third-order valence-corrected chi connectivity index (χ3v) is 21.4. The van der Waals surface area contributed by atoms with Crippen molar-refractivity contribution < 1.29 is 101 Å². The molecule has 5 saturated heterocycles. The zero-order valence-corrected chi connectivity index (χ0v) is 51.5. The van der Waals surface area contributed by atoms with Crippen LogP contribution in [0.4, 0.5) is 0 Å². The maximum atomic E-state index is 13.8. The average molecular weight is 1190 g/mol. The molecule has 5 aliphatic heterocycles. The SMILES string of the molecule is COC1CC(OC2C(C)OC(OC3C(C)OC(OC4C(C)OC(OC5C(C)OC(OC6CCC7(C)C(=CCC8(O)C7CC(OC(=O)c7ccccc7)C7(C)C(C(C)=O)CCC87O)C6)CC5OC)CC4OC)CC3OC)CC2OC)OC(C)C1O. The Kier molecular flexibility index (Phi) is 20.0. The summed E-state index contributed by atoms with van der Waals surface area (Å²) in [5.41, 5.74) is -3.46. The molecule has 21 nitrogen and oxygen atoms in total. The van der Waals surface area contributed by atoms with Crippen LogP contribution in [0, 0.1) is 22.7 Å². The minimum Gasteiger partial charge on any atom is -0.458 e. The first-order valence-corrected chi connectivity index (χ1v) is 30.8. The van der Waals surface area contributed by atoms with E-state index >= 15 is 0 Å². The topological polar surface area (TPSA) is 243 Å². The number of rotatable bonds is 18. The number of hydrogen-bond acceptors (Lipinski definition) is 21. The van der Waals surface area contributed by atoms with Crippen LogP contribution in [0.25, 0.3) is 0 Å². The molecule has 1 aromatic rings. The zero-order chi connectivity index (χ0) is 60.2. The summed E-state index contributed by atoms with van der Waals surface area (Å²) in [5.74, 6) is -1.64. The molecule has 4 aliphatic carbocycles. The molecule has 28 atom stereocenters. The smallest absolute Gasteiger partial charge is 0.338 e. The van der Waals surface area contributed by atoms with Crippen LogP contribution in [0.5, 0.6) is 0 Å². The first-order chi connectivity index (χ1) is 40.0. The number of carbonyl (C=O) groups excluding carboxylic acids is 2. The highest BCUT2D eigenvalue weighted by Crippen LogP contribution is 2.70. The van der Waals surface area contributed by atoms with Crippen molar-refractivity contribution >= 4 is 11.8 Å². The van der Waals surface area contributed by atoms with Gasteiger partial charge in [0.2, 0.25) is 0 Å². The van der Waals surface area contributed by atoms with Gasteiger partial charge in [0.15, 0.2) is 31.5 Å². The highest BCUT2D eigenvalue weighted by atomic mass is 16.8. The first-order valence-electron chi connectivity index (χ1n) is 30.8. The lowest BCUT2D eigenvalue weighted by molar-refractivity contribution is -0.352. The number of aliphatic hydroxyl groups excluding tert-OH is 1. The largest absolute Gasteiger partial charge is 0.458 e. The van der Waals surface area contributed by atoms with E-state index in [9.17, 15) is 24.9 Å². The van der Waals surface area contributed by atoms with Gasteiger partial charge in [-0.05, 0) is 104 Å². The van der Waals surface area contributed by atoms with Crippen molar-refractivity contribution in [2.75, 3.05) is 35.5 Å². The lowest BCUT2D eigenvalue weighted by atomic mass is 9.43. The van der Waals surface area contributed by atoms with Gasteiger partial charge in [-0.1, -0.05) is 43.7 Å². The second-order valence-corrected chi connectivity index (χ2v) is 26.0. The molecule has 474 valence electrons. The summed E-state index contributed by atoms with van der Waals surface area (Å²) in [4.78, 5) is 27.0. The van der Waals surface area contributed by atoms with E-state index in [1.54, 1.807) is 66.7 Å². The van der Waals surface area contributed by atoms with E-state index < -0.39 is 157 Å². The fourth-order valence-electron chi connectivity index (χ4n) is 16.6. The van der Waals surface area contributed by atoms with E-state index in [0.29, 0.717) is 69.8 Å². The van der Waals surface area contributed by atoms with E-state index in [1.165, 1.54) is 6.92 Å². The Bertz CT molecular complexity index is 2420. The minimum absolute atomic E-state index is 0.0854. The van der Waals surface area contributed by atoms with Crippen LogP contribution >= 0.6 is 0 Å². The predicted molar refractivity (Wildman–Crippen MR) is 299 cm³/mol. The van der Waals surface area contributed by atoms with Gasteiger partial charge in [0.1, 0.15) is 53.6 Å². The van der Waals surface area contributed by atoms with Crippen LogP contribution in [0.15, 0.2) is 42.0 Å². The molecule has 9 aliphatic rings. The first kappa shape index (κ1) is 64.4. The number of esters is 1. The van der Waals surface area contributed by atoms with Crippen molar-refractivity contribution in [1.82, 2.24) is 0 Å². The molecular weight excluding hydrogens is 1090 g/mol. The van der Waals surface area contributed by atoms with Gasteiger partial charge < -0.3 is 91.1 Å². The third kappa shape index (κ3) is 12.0. The number of carbonyl (C=O) groups is 2. The van der Waals surface area contributed by atoms with Crippen molar-refractivity contribution in [2.24, 2.45) is 22.7 Å². The predicted octanol–water partition coefficient (Wildman–Crippen LogP) is 6.26. The number of ketones is 1. The van der Waals surface area contributed by atoms with Crippen LogP contribution in [0.1, 0.15) is 143 Å². The molecule has 1 aromatic carbocycles. The van der Waals surface area contributed by atoms with Gasteiger partial charge in [-0.25, -0.2) is 4.79 Å². The second-order valence-electron chi connectivity index (χ2n) is 26.0. The number of aliphatic hydroxyl groups is 3. The van der Waals surface area contributed by atoms with Crippen LogP contribution < -0.4 is 0 Å². The highest BCUT2D eigenvalue weighted by Gasteiger charge is 2.77. The normalized spacial score (nSPS) is 48.7. The summed E-state index contributed by atoms with van der Waals surface area (Å²) < 4.78 is 101. The summed E-state index contributed by atoms with van der Waals surface area (Å²) in [7, 11) is 8.16. The van der Waals surface area contributed by atoms with Gasteiger partial charge in [-0.2, -0.15) is 0 Å². The molecule has 28 unspecified atom stereocenters. The van der Waals surface area contributed by atoms with Gasteiger partial charge >= 0.3 is 5.97 Å². The molecular formula is C63H96O21. The molecule has 0 spiro atoms. The quantitative estimate of drug-likeness (QED) is 0.109. The lowest BCUT2D eigenvalue weighted by Crippen LogP contribution is -2.75. The molecule has 84 heavy (non-hydrogen) atoms. The summed E-state index contributed by atoms with van der Waals surface area (Å²) >= 11 is 0. The van der Waals surface area contributed by atoms with Crippen molar-refractivity contribution in [3.8, 4) is 0 Å². The van der Waals surface area contributed by atoms with E-state index in [1.807, 2.05) is 40.7 Å². The lowest BCUT2D eigenvalue weighted by Gasteiger charge is -2.66. The maximum Gasteiger partial charge on any atom is 0.338 e. The Labute approximate surface area is 495 Å². The summed E-state index contributed by atoms with van der Waals surface area (Å²) in [6.45, 7) is 15.1. The van der Waals surface area contributed by atoms with Gasteiger partial charge in [-0.3, -0.25) is 4.79 Å². The Morgan fingerprint density at radius 2 is 0.988 bits per heavy atom. The number of benzene rings is 1. The molecule has 8 fully saturated rings. The number of ether oxygens (including phenoxy) is 16. The molecule has 5 heterocycles. The zero-order valence-electron chi connectivity index (χ0n) is 51.5. The van der Waals surface area contributed by atoms with Gasteiger partial charge in [0.25, 0.3) is 0 Å². The van der Waals surface area contributed by atoms with Crippen LogP contribution in [0.2, 0.25) is 0 Å². The molecule has 0 bridgehead atoms. The summed E-state index contributed by atoms with van der Waals surface area (Å²) in [6.07, 6.45) is -4.08. The van der Waals surface area contributed by atoms with Crippen molar-refractivity contribution in [2.45, 2.75) is 279 Å². The van der Waals surface area contributed by atoms with Crippen molar-refractivity contribution in [3.63, 3.8) is 0 Å². The molecule has 3 N–H and O–H groups in total. The molecule has 0 aromatic heterocycles. The molecule has 0 amide bonds. The van der Waals surface area contributed by atoms with E-state index in [-0.39, 0.29) is 36.9 Å². The van der Waals surface area contributed by atoms with Crippen LogP contribution in [-0.4, -0.2) is 209 Å². The Morgan fingerprint density at radius 3 is 1.43 bits per heavy atom. The Morgan fingerprint density at radius 1 is 0.560 bits per heavy atom. The third-order valence-electron chi connectivity index (χ3n) is 21.4. The number of fused-ring (bicyclic) bond motifs is 5.